The minimum Gasteiger partial charge on any atom is -0.495 e. The summed E-state index contributed by atoms with van der Waals surface area (Å²) in [4.78, 5) is 10.8. The molecule has 0 fully saturated rings. The first-order valence-electron chi connectivity index (χ1n) is 9.95. The number of hydrogen-bond donors (Lipinski definition) is 1. The van der Waals surface area contributed by atoms with E-state index in [1.807, 2.05) is 0 Å². The normalized spacial score (nSPS) is 11.4. The number of sulfonamides is 1. The Morgan fingerprint density at radius 3 is 2.12 bits per heavy atom. The number of nitrogens with zero attached hydrogens (tertiary/aromatic N) is 2. The molecule has 8 heteroatoms. The van der Waals surface area contributed by atoms with Crippen LogP contribution in [-0.4, -0.2) is 30.9 Å². The van der Waals surface area contributed by atoms with Crippen molar-refractivity contribution in [3.8, 4) is 11.8 Å². The standard InChI is InChI=1S/C25H22N2O5S/c1-32-23-4-2-3-5-24(23)33(30,31)27(18-22-12-8-20(16-26)9-13-22)17-21-10-6-19(7-11-21)14-15-25(28)29/h2-15H,17-18H2,1H3,(H,28,29). The third-order valence-corrected chi connectivity index (χ3v) is 6.72. The smallest absolute Gasteiger partial charge is 0.328 e. The quantitative estimate of drug-likeness (QED) is 0.481. The van der Waals surface area contributed by atoms with Crippen LogP contribution in [0.25, 0.3) is 6.08 Å². The summed E-state index contributed by atoms with van der Waals surface area (Å²) in [6.07, 6.45) is 2.50. The highest BCUT2D eigenvalue weighted by Gasteiger charge is 2.28. The summed E-state index contributed by atoms with van der Waals surface area (Å²) >= 11 is 0. The van der Waals surface area contributed by atoms with Crippen LogP contribution >= 0.6 is 0 Å². The van der Waals surface area contributed by atoms with Gasteiger partial charge in [0, 0.05) is 19.2 Å². The first-order chi connectivity index (χ1) is 15.8. The molecule has 0 amide bonds. The Morgan fingerprint density at radius 1 is 1.00 bits per heavy atom. The zero-order chi connectivity index (χ0) is 23.8. The molecule has 0 saturated heterocycles. The maximum Gasteiger partial charge on any atom is 0.328 e. The Kier molecular flexibility index (Phi) is 7.61. The summed E-state index contributed by atoms with van der Waals surface area (Å²) in [5, 5.41) is 17.8. The summed E-state index contributed by atoms with van der Waals surface area (Å²) in [5.74, 6) is -0.799. The van der Waals surface area contributed by atoms with E-state index in [-0.39, 0.29) is 23.7 Å². The lowest BCUT2D eigenvalue weighted by Gasteiger charge is -2.23. The Bertz CT molecular complexity index is 1290. The lowest BCUT2D eigenvalue weighted by Crippen LogP contribution is -2.30. The zero-order valence-corrected chi connectivity index (χ0v) is 18.7. The molecule has 3 aromatic rings. The van der Waals surface area contributed by atoms with E-state index >= 15 is 0 Å². The van der Waals surface area contributed by atoms with Crippen molar-refractivity contribution in [1.82, 2.24) is 4.31 Å². The van der Waals surface area contributed by atoms with Gasteiger partial charge in [0.2, 0.25) is 10.0 Å². The zero-order valence-electron chi connectivity index (χ0n) is 17.9. The molecule has 0 atom stereocenters. The molecule has 0 bridgehead atoms. The fourth-order valence-electron chi connectivity index (χ4n) is 3.19. The average molecular weight is 463 g/mol. The fourth-order valence-corrected chi connectivity index (χ4v) is 4.76. The Balaban J connectivity index is 1.96. The van der Waals surface area contributed by atoms with Gasteiger partial charge in [-0.15, -0.1) is 0 Å². The van der Waals surface area contributed by atoms with Gasteiger partial charge in [0.15, 0.2) is 0 Å². The molecule has 0 radical (unpaired) electrons. The second-order valence-corrected chi connectivity index (χ2v) is 9.05. The SMILES string of the molecule is COc1ccccc1S(=O)(=O)N(Cc1ccc(C#N)cc1)Cc1ccc(C=CC(=O)O)cc1. The molecule has 0 spiro atoms. The van der Waals surface area contributed by atoms with E-state index in [0.29, 0.717) is 11.1 Å². The van der Waals surface area contributed by atoms with E-state index in [1.165, 1.54) is 23.6 Å². The Labute approximate surface area is 192 Å². The minimum absolute atomic E-state index is 0.0576. The molecule has 3 aromatic carbocycles. The molecule has 3 rings (SSSR count). The van der Waals surface area contributed by atoms with Gasteiger partial charge >= 0.3 is 5.97 Å². The molecule has 0 aliphatic heterocycles. The van der Waals surface area contributed by atoms with E-state index in [0.717, 1.165) is 17.2 Å². The van der Waals surface area contributed by atoms with Gasteiger partial charge in [-0.1, -0.05) is 48.5 Å². The van der Waals surface area contributed by atoms with Gasteiger partial charge < -0.3 is 9.84 Å². The maximum absolute atomic E-state index is 13.6. The number of para-hydroxylation sites is 1. The summed E-state index contributed by atoms with van der Waals surface area (Å²) in [6, 6.07) is 22.2. The third kappa shape index (κ3) is 6.07. The monoisotopic (exact) mass is 462 g/mol. The largest absolute Gasteiger partial charge is 0.495 e. The van der Waals surface area contributed by atoms with Crippen molar-refractivity contribution in [3.63, 3.8) is 0 Å². The first kappa shape index (κ1) is 23.7. The average Bonchev–Trinajstić information content (AvgIpc) is 2.83. The van der Waals surface area contributed by atoms with Crippen LogP contribution in [0.4, 0.5) is 0 Å². The van der Waals surface area contributed by atoms with Crippen molar-refractivity contribution in [3.05, 3.63) is 101 Å². The van der Waals surface area contributed by atoms with Crippen LogP contribution in [0.2, 0.25) is 0 Å². The lowest BCUT2D eigenvalue weighted by atomic mass is 10.1. The molecule has 0 heterocycles. The molecule has 33 heavy (non-hydrogen) atoms. The number of rotatable bonds is 9. The molecule has 1 N–H and O–H groups in total. The Hall–Kier alpha value is -3.93. The predicted octanol–water partition coefficient (Wildman–Crippen LogP) is 4.06. The van der Waals surface area contributed by atoms with E-state index in [9.17, 15) is 13.2 Å². The van der Waals surface area contributed by atoms with Gasteiger partial charge in [0.25, 0.3) is 0 Å². The van der Waals surface area contributed by atoms with Crippen LogP contribution in [0.3, 0.4) is 0 Å². The van der Waals surface area contributed by atoms with E-state index in [1.54, 1.807) is 66.7 Å². The van der Waals surface area contributed by atoms with E-state index in [2.05, 4.69) is 6.07 Å². The van der Waals surface area contributed by atoms with Crippen LogP contribution < -0.4 is 4.74 Å². The summed E-state index contributed by atoms with van der Waals surface area (Å²) in [7, 11) is -2.52. The number of nitriles is 1. The van der Waals surface area contributed by atoms with Gasteiger partial charge in [-0.3, -0.25) is 0 Å². The van der Waals surface area contributed by atoms with Crippen LogP contribution in [0, 0.1) is 11.3 Å². The van der Waals surface area contributed by atoms with Crippen molar-refractivity contribution < 1.29 is 23.1 Å². The van der Waals surface area contributed by atoms with Crippen LogP contribution in [0.15, 0.2) is 83.8 Å². The van der Waals surface area contributed by atoms with Crippen LogP contribution in [0.1, 0.15) is 22.3 Å². The number of methoxy groups -OCH3 is 1. The van der Waals surface area contributed by atoms with Crippen LogP contribution in [-0.2, 0) is 27.9 Å². The molecule has 168 valence electrons. The third-order valence-electron chi connectivity index (χ3n) is 4.89. The Morgan fingerprint density at radius 2 is 1.58 bits per heavy atom. The minimum atomic E-state index is -3.94. The molecular formula is C25H22N2O5S. The summed E-state index contributed by atoms with van der Waals surface area (Å²) < 4.78 is 33.8. The molecule has 0 aromatic heterocycles. The second-order valence-electron chi connectivity index (χ2n) is 7.15. The van der Waals surface area contributed by atoms with Crippen molar-refractivity contribution in [1.29, 1.82) is 5.26 Å². The number of ether oxygens (including phenoxy) is 1. The van der Waals surface area contributed by atoms with Crippen molar-refractivity contribution in [2.45, 2.75) is 18.0 Å². The second kappa shape index (κ2) is 10.6. The highest BCUT2D eigenvalue weighted by molar-refractivity contribution is 7.89. The topological polar surface area (TPSA) is 108 Å². The number of aliphatic carboxylic acids is 1. The number of carboxylic acids is 1. The summed E-state index contributed by atoms with van der Waals surface area (Å²) in [6.45, 7) is 0.177. The number of benzene rings is 3. The fraction of sp³-hybridized carbons (Fsp3) is 0.120. The van der Waals surface area contributed by atoms with Gasteiger partial charge in [0.1, 0.15) is 10.6 Å². The van der Waals surface area contributed by atoms with Gasteiger partial charge in [-0.05, 0) is 47.0 Å². The van der Waals surface area contributed by atoms with E-state index in [4.69, 9.17) is 15.1 Å². The van der Waals surface area contributed by atoms with Crippen LogP contribution in [0.5, 0.6) is 5.75 Å². The first-order valence-corrected chi connectivity index (χ1v) is 11.4. The number of carboxylic acid groups (broad SMARTS) is 1. The molecule has 0 saturated carbocycles. The highest BCUT2D eigenvalue weighted by atomic mass is 32.2. The number of hydrogen-bond acceptors (Lipinski definition) is 5. The summed E-state index contributed by atoms with van der Waals surface area (Å²) in [5.41, 5.74) is 2.64. The van der Waals surface area contributed by atoms with Gasteiger partial charge in [0.05, 0.1) is 18.7 Å². The van der Waals surface area contributed by atoms with Crippen molar-refractivity contribution >= 4 is 22.1 Å². The lowest BCUT2D eigenvalue weighted by molar-refractivity contribution is -0.131. The van der Waals surface area contributed by atoms with Crippen molar-refractivity contribution in [2.24, 2.45) is 0 Å². The van der Waals surface area contributed by atoms with E-state index < -0.39 is 16.0 Å². The van der Waals surface area contributed by atoms with Gasteiger partial charge in [-0.25, -0.2) is 13.2 Å². The molecule has 7 nitrogen and oxygen atoms in total. The molecular weight excluding hydrogens is 440 g/mol. The maximum atomic E-state index is 13.6. The molecule has 0 aliphatic carbocycles. The highest BCUT2D eigenvalue weighted by Crippen LogP contribution is 2.28. The predicted molar refractivity (Wildman–Crippen MR) is 124 cm³/mol. The molecule has 0 aliphatic rings. The van der Waals surface area contributed by atoms with Crippen molar-refractivity contribution in [2.75, 3.05) is 7.11 Å². The molecule has 0 unspecified atom stereocenters. The number of carbonyl (C=O) groups is 1. The van der Waals surface area contributed by atoms with Gasteiger partial charge in [-0.2, -0.15) is 9.57 Å².